The molecular formula is C15H24N3O4+. The first kappa shape index (κ1) is 17.9. The van der Waals surface area contributed by atoms with Crippen LogP contribution in [0.1, 0.15) is 46.0 Å². The van der Waals surface area contributed by atoms with Gasteiger partial charge in [0.1, 0.15) is 6.04 Å². The van der Waals surface area contributed by atoms with Crippen LogP contribution in [0, 0.1) is 13.8 Å². The summed E-state index contributed by atoms with van der Waals surface area (Å²) in [5.41, 5.74) is 1.99. The minimum Gasteiger partial charge on any atom is -0.462 e. The third-order valence-electron chi connectivity index (χ3n) is 3.51. The van der Waals surface area contributed by atoms with Crippen molar-refractivity contribution in [2.45, 2.75) is 33.7 Å². The van der Waals surface area contributed by atoms with E-state index in [-0.39, 0.29) is 24.8 Å². The smallest absolute Gasteiger partial charge is 0.340 e. The van der Waals surface area contributed by atoms with Crippen molar-refractivity contribution in [3.63, 3.8) is 0 Å². The number of Topliss-reactive ketones (excluding diaryl/α,β-unsaturated/α-hetero) is 1. The Balaban J connectivity index is 2.93. The molecule has 0 aliphatic heterocycles. The van der Waals surface area contributed by atoms with Gasteiger partial charge in [0, 0.05) is 12.7 Å². The molecule has 122 valence electrons. The summed E-state index contributed by atoms with van der Waals surface area (Å²) in [6, 6.07) is -0.427. The number of esters is 1. The molecule has 1 aromatic rings. The molecule has 0 aromatic carbocycles. The van der Waals surface area contributed by atoms with E-state index in [0.717, 1.165) is 0 Å². The van der Waals surface area contributed by atoms with Gasteiger partial charge in [-0.3, -0.25) is 9.59 Å². The topological polar surface area (TPSA) is 105 Å². The summed E-state index contributed by atoms with van der Waals surface area (Å²) in [5, 5.41) is 4.16. The van der Waals surface area contributed by atoms with Gasteiger partial charge in [0.2, 0.25) is 5.78 Å². The van der Waals surface area contributed by atoms with Gasteiger partial charge in [-0.15, -0.1) is 0 Å². The fourth-order valence-corrected chi connectivity index (χ4v) is 2.23. The van der Waals surface area contributed by atoms with E-state index < -0.39 is 12.0 Å². The van der Waals surface area contributed by atoms with Gasteiger partial charge in [0.25, 0.3) is 5.91 Å². The van der Waals surface area contributed by atoms with Gasteiger partial charge in [-0.25, -0.2) is 4.79 Å². The lowest BCUT2D eigenvalue weighted by Crippen LogP contribution is -2.93. The van der Waals surface area contributed by atoms with Crippen molar-refractivity contribution in [2.75, 3.05) is 20.2 Å². The Kier molecular flexibility index (Phi) is 6.30. The number of nitrogens with one attached hydrogen (secondary N) is 2. The van der Waals surface area contributed by atoms with Crippen molar-refractivity contribution in [3.05, 3.63) is 22.5 Å². The highest BCUT2D eigenvalue weighted by Gasteiger charge is 2.27. The van der Waals surface area contributed by atoms with E-state index in [4.69, 9.17) is 4.74 Å². The van der Waals surface area contributed by atoms with E-state index in [1.54, 1.807) is 40.1 Å². The SMILES string of the molecule is CCOC(=O)c1c(C)[nH]c(C(=O)[C@@H](C)[NH2+]CC(=O)NC)c1C. The van der Waals surface area contributed by atoms with Gasteiger partial charge in [-0.2, -0.15) is 0 Å². The molecule has 0 aliphatic carbocycles. The molecule has 0 saturated carbocycles. The van der Waals surface area contributed by atoms with Crippen molar-refractivity contribution >= 4 is 17.7 Å². The van der Waals surface area contributed by atoms with Crippen LogP contribution >= 0.6 is 0 Å². The number of aromatic nitrogens is 1. The number of likely N-dealkylation sites (N-methyl/N-ethyl adjacent to an activating group) is 1. The Morgan fingerprint density at radius 1 is 1.32 bits per heavy atom. The monoisotopic (exact) mass is 310 g/mol. The first-order valence-electron chi connectivity index (χ1n) is 7.27. The zero-order valence-electron chi connectivity index (χ0n) is 13.7. The Labute approximate surface area is 129 Å². The number of ether oxygens (including phenoxy) is 1. The standard InChI is InChI=1S/C15H23N3O4/c1-6-22-15(21)12-8(2)13(18-9(12)3)14(20)10(4)17-7-11(19)16-5/h10,17-18H,6-7H2,1-5H3,(H,16,19)/p+1/t10-/m1/s1. The molecule has 1 aromatic heterocycles. The molecule has 1 heterocycles. The summed E-state index contributed by atoms with van der Waals surface area (Å²) in [6.45, 7) is 7.36. The van der Waals surface area contributed by atoms with Gasteiger partial charge in [-0.05, 0) is 33.3 Å². The average Bonchev–Trinajstić information content (AvgIpc) is 2.78. The molecule has 7 nitrogen and oxygen atoms in total. The normalized spacial score (nSPS) is 11.9. The fraction of sp³-hybridized carbons (Fsp3) is 0.533. The number of hydrogen-bond donors (Lipinski definition) is 3. The third-order valence-corrected chi connectivity index (χ3v) is 3.51. The summed E-state index contributed by atoms with van der Waals surface area (Å²) in [6.07, 6.45) is 0. The summed E-state index contributed by atoms with van der Waals surface area (Å²) in [5.74, 6) is -0.735. The van der Waals surface area contributed by atoms with E-state index in [1.807, 2.05) is 0 Å². The molecule has 0 saturated heterocycles. The summed E-state index contributed by atoms with van der Waals surface area (Å²) in [7, 11) is 1.55. The molecule has 0 aliphatic rings. The lowest BCUT2D eigenvalue weighted by Gasteiger charge is -2.09. The predicted molar refractivity (Wildman–Crippen MR) is 80.9 cm³/mol. The van der Waals surface area contributed by atoms with Crippen molar-refractivity contribution in [1.29, 1.82) is 0 Å². The number of hydrogen-bond acceptors (Lipinski definition) is 4. The largest absolute Gasteiger partial charge is 0.462 e. The number of carbonyl (C=O) groups excluding carboxylic acids is 3. The second-order valence-corrected chi connectivity index (χ2v) is 5.11. The van der Waals surface area contributed by atoms with Crippen LogP contribution in [-0.4, -0.2) is 48.9 Å². The Bertz CT molecular complexity index is 578. The summed E-state index contributed by atoms with van der Waals surface area (Å²) in [4.78, 5) is 38.6. The van der Waals surface area contributed by atoms with Crippen LogP contribution in [0.3, 0.4) is 0 Å². The second kappa shape index (κ2) is 7.74. The minimum atomic E-state index is -0.435. The highest BCUT2D eigenvalue weighted by Crippen LogP contribution is 2.19. The van der Waals surface area contributed by atoms with Crippen LogP contribution in [0.2, 0.25) is 0 Å². The van der Waals surface area contributed by atoms with Gasteiger partial charge >= 0.3 is 5.97 Å². The second-order valence-electron chi connectivity index (χ2n) is 5.11. The van der Waals surface area contributed by atoms with Gasteiger partial charge in [0.05, 0.1) is 17.9 Å². The first-order chi connectivity index (χ1) is 10.3. The molecular weight excluding hydrogens is 286 g/mol. The molecule has 0 fully saturated rings. The summed E-state index contributed by atoms with van der Waals surface area (Å²) < 4.78 is 5.01. The molecule has 1 amide bonds. The van der Waals surface area contributed by atoms with Gasteiger partial charge in [0.15, 0.2) is 6.54 Å². The van der Waals surface area contributed by atoms with E-state index in [2.05, 4.69) is 10.3 Å². The van der Waals surface area contributed by atoms with Gasteiger partial charge in [-0.1, -0.05) is 0 Å². The fourth-order valence-electron chi connectivity index (χ4n) is 2.23. The third kappa shape index (κ3) is 3.94. The van der Waals surface area contributed by atoms with E-state index >= 15 is 0 Å². The van der Waals surface area contributed by atoms with Crippen LogP contribution in [0.5, 0.6) is 0 Å². The van der Waals surface area contributed by atoms with Crippen LogP contribution in [0.25, 0.3) is 0 Å². The molecule has 0 bridgehead atoms. The molecule has 1 atom stereocenters. The number of carbonyl (C=O) groups is 3. The van der Waals surface area contributed by atoms with E-state index in [9.17, 15) is 14.4 Å². The molecule has 7 heteroatoms. The maximum atomic E-state index is 12.5. The number of nitrogens with two attached hydrogens (primary N) is 1. The molecule has 22 heavy (non-hydrogen) atoms. The number of ketones is 1. The van der Waals surface area contributed by atoms with Gasteiger partial charge < -0.3 is 20.4 Å². The van der Waals surface area contributed by atoms with Crippen molar-refractivity contribution < 1.29 is 24.4 Å². The number of amides is 1. The number of aryl methyl sites for hydroxylation is 1. The van der Waals surface area contributed by atoms with Crippen molar-refractivity contribution in [2.24, 2.45) is 0 Å². The lowest BCUT2D eigenvalue weighted by molar-refractivity contribution is -0.661. The Morgan fingerprint density at radius 3 is 2.50 bits per heavy atom. The molecule has 1 rings (SSSR count). The highest BCUT2D eigenvalue weighted by molar-refractivity contribution is 6.03. The quantitative estimate of drug-likeness (QED) is 0.474. The highest BCUT2D eigenvalue weighted by atomic mass is 16.5. The zero-order valence-corrected chi connectivity index (χ0v) is 13.7. The maximum absolute atomic E-state index is 12.5. The number of aromatic amines is 1. The van der Waals surface area contributed by atoms with Crippen LogP contribution < -0.4 is 10.6 Å². The summed E-state index contributed by atoms with van der Waals surface area (Å²) >= 11 is 0. The molecule has 4 N–H and O–H groups in total. The van der Waals surface area contributed by atoms with Crippen LogP contribution in [0.4, 0.5) is 0 Å². The number of rotatable bonds is 7. The average molecular weight is 310 g/mol. The number of quaternary nitrogens is 1. The predicted octanol–water partition coefficient (Wildman–Crippen LogP) is -0.311. The number of H-pyrrole nitrogens is 1. The van der Waals surface area contributed by atoms with E-state index in [0.29, 0.717) is 22.5 Å². The van der Waals surface area contributed by atoms with Crippen LogP contribution in [0.15, 0.2) is 0 Å². The van der Waals surface area contributed by atoms with Crippen molar-refractivity contribution in [1.82, 2.24) is 10.3 Å². The first-order valence-corrected chi connectivity index (χ1v) is 7.27. The van der Waals surface area contributed by atoms with Crippen molar-refractivity contribution in [3.8, 4) is 0 Å². The Hall–Kier alpha value is -2.15. The lowest BCUT2D eigenvalue weighted by atomic mass is 10.0. The zero-order chi connectivity index (χ0) is 16.9. The van der Waals surface area contributed by atoms with Crippen LogP contribution in [-0.2, 0) is 9.53 Å². The minimum absolute atomic E-state index is 0.147. The molecule has 0 unspecified atom stereocenters. The molecule has 0 spiro atoms. The maximum Gasteiger partial charge on any atom is 0.340 e. The molecule has 0 radical (unpaired) electrons. The van der Waals surface area contributed by atoms with E-state index in [1.165, 1.54) is 0 Å². The Morgan fingerprint density at radius 2 is 1.95 bits per heavy atom.